The van der Waals surface area contributed by atoms with Crippen LogP contribution in [0.3, 0.4) is 0 Å². The van der Waals surface area contributed by atoms with Crippen LogP contribution in [0.25, 0.3) is 10.8 Å². The van der Waals surface area contributed by atoms with Gasteiger partial charge in [-0.15, -0.1) is 0 Å². The first-order valence-electron chi connectivity index (χ1n) is 8.54. The molecule has 5 nitrogen and oxygen atoms in total. The molecule has 128 valence electrons. The first-order valence-corrected chi connectivity index (χ1v) is 8.54. The molecule has 0 radical (unpaired) electrons. The van der Waals surface area contributed by atoms with Gasteiger partial charge in [0.25, 0.3) is 11.8 Å². The van der Waals surface area contributed by atoms with E-state index in [9.17, 15) is 4.79 Å². The molecule has 1 aliphatic heterocycles. The molecule has 1 saturated heterocycles. The van der Waals surface area contributed by atoms with Gasteiger partial charge in [-0.25, -0.2) is 0 Å². The number of hydrogen-bond donors (Lipinski definition) is 0. The van der Waals surface area contributed by atoms with Crippen molar-refractivity contribution in [1.82, 2.24) is 10.1 Å². The lowest BCUT2D eigenvalue weighted by Gasteiger charge is -2.31. The number of piperidine rings is 1. The van der Waals surface area contributed by atoms with E-state index in [4.69, 9.17) is 9.26 Å². The molecule has 2 heterocycles. The van der Waals surface area contributed by atoms with Crippen LogP contribution in [-0.4, -0.2) is 36.2 Å². The number of hydrogen-bond acceptors (Lipinski definition) is 4. The molecule has 1 aliphatic rings. The Morgan fingerprint density at radius 3 is 2.68 bits per heavy atom. The number of rotatable bonds is 3. The lowest BCUT2D eigenvalue weighted by atomic mass is 9.93. The molecule has 2 aromatic carbocycles. The summed E-state index contributed by atoms with van der Waals surface area (Å²) in [7, 11) is 1.58. The van der Waals surface area contributed by atoms with Crippen LogP contribution in [0, 0.1) is 0 Å². The fraction of sp³-hybridized carbons (Fsp3) is 0.300. The van der Waals surface area contributed by atoms with Crippen LogP contribution in [-0.2, 0) is 0 Å². The number of likely N-dealkylation sites (tertiary alicyclic amines) is 1. The van der Waals surface area contributed by atoms with E-state index < -0.39 is 0 Å². The van der Waals surface area contributed by atoms with Crippen LogP contribution in [0.1, 0.15) is 34.9 Å². The monoisotopic (exact) mass is 336 g/mol. The molecule has 4 rings (SSSR count). The fourth-order valence-corrected chi connectivity index (χ4v) is 3.51. The van der Waals surface area contributed by atoms with Crippen molar-refractivity contribution in [3.8, 4) is 5.88 Å². The second-order valence-electron chi connectivity index (χ2n) is 6.36. The Hall–Kier alpha value is -2.82. The molecular formula is C20H20N2O3. The molecule has 5 heteroatoms. The summed E-state index contributed by atoms with van der Waals surface area (Å²) in [6.07, 6.45) is 1.74. The predicted octanol–water partition coefficient (Wildman–Crippen LogP) is 3.86. The normalized spacial score (nSPS) is 15.5. The van der Waals surface area contributed by atoms with Crippen molar-refractivity contribution >= 4 is 16.7 Å². The molecule has 0 saturated carbocycles. The van der Waals surface area contributed by atoms with Crippen LogP contribution in [0.4, 0.5) is 0 Å². The number of amides is 1. The molecule has 0 unspecified atom stereocenters. The van der Waals surface area contributed by atoms with Gasteiger partial charge in [0.05, 0.1) is 7.11 Å². The molecule has 1 amide bonds. The highest BCUT2D eigenvalue weighted by Crippen LogP contribution is 2.31. The van der Waals surface area contributed by atoms with Crippen LogP contribution in [0.2, 0.25) is 0 Å². The maximum absolute atomic E-state index is 13.0. The Labute approximate surface area is 146 Å². The van der Waals surface area contributed by atoms with Crippen molar-refractivity contribution in [3.05, 3.63) is 59.9 Å². The highest BCUT2D eigenvalue weighted by Gasteiger charge is 2.27. The Balaban J connectivity index is 1.49. The van der Waals surface area contributed by atoms with Gasteiger partial charge in [0.15, 0.2) is 0 Å². The minimum Gasteiger partial charge on any atom is -0.479 e. The Morgan fingerprint density at radius 1 is 1.16 bits per heavy atom. The van der Waals surface area contributed by atoms with E-state index in [-0.39, 0.29) is 11.8 Å². The number of ether oxygens (including phenoxy) is 1. The van der Waals surface area contributed by atoms with Crippen LogP contribution >= 0.6 is 0 Å². The summed E-state index contributed by atoms with van der Waals surface area (Å²) in [4.78, 5) is 14.9. The van der Waals surface area contributed by atoms with Crippen molar-refractivity contribution < 1.29 is 14.1 Å². The van der Waals surface area contributed by atoms with Gasteiger partial charge in [0, 0.05) is 30.6 Å². The van der Waals surface area contributed by atoms with Crippen molar-refractivity contribution in [2.75, 3.05) is 20.2 Å². The number of benzene rings is 2. The van der Waals surface area contributed by atoms with Crippen LogP contribution in [0.15, 0.2) is 53.1 Å². The number of methoxy groups -OCH3 is 1. The van der Waals surface area contributed by atoms with Gasteiger partial charge in [-0.1, -0.05) is 36.4 Å². The molecule has 25 heavy (non-hydrogen) atoms. The first-order chi connectivity index (χ1) is 12.3. The number of fused-ring (bicyclic) bond motifs is 1. The SMILES string of the molecule is COc1cc(C2CCN(C(=O)c3cccc4ccccc34)CC2)on1. The molecule has 0 atom stereocenters. The van der Waals surface area contributed by atoms with E-state index in [1.54, 1.807) is 7.11 Å². The standard InChI is InChI=1S/C20H20N2O3/c1-24-19-13-18(25-21-19)15-9-11-22(12-10-15)20(23)17-8-4-6-14-5-2-3-7-16(14)17/h2-8,13,15H,9-12H2,1H3. The molecule has 0 N–H and O–H groups in total. The minimum atomic E-state index is 0.102. The summed E-state index contributed by atoms with van der Waals surface area (Å²) < 4.78 is 10.4. The Morgan fingerprint density at radius 2 is 1.92 bits per heavy atom. The molecule has 0 spiro atoms. The molecule has 1 fully saturated rings. The quantitative estimate of drug-likeness (QED) is 0.729. The Kier molecular flexibility index (Phi) is 4.14. The second kappa shape index (κ2) is 6.59. The van der Waals surface area contributed by atoms with Gasteiger partial charge < -0.3 is 14.2 Å². The maximum Gasteiger partial charge on any atom is 0.254 e. The number of carbonyl (C=O) groups is 1. The van der Waals surface area contributed by atoms with E-state index >= 15 is 0 Å². The smallest absolute Gasteiger partial charge is 0.254 e. The van der Waals surface area contributed by atoms with Gasteiger partial charge in [0.1, 0.15) is 5.76 Å². The molecule has 3 aromatic rings. The van der Waals surface area contributed by atoms with E-state index in [0.29, 0.717) is 5.88 Å². The van der Waals surface area contributed by atoms with E-state index in [0.717, 1.165) is 48.0 Å². The summed E-state index contributed by atoms with van der Waals surface area (Å²) in [6.45, 7) is 1.44. The van der Waals surface area contributed by atoms with Crippen molar-refractivity contribution in [2.24, 2.45) is 0 Å². The fourth-order valence-electron chi connectivity index (χ4n) is 3.51. The average molecular weight is 336 g/mol. The van der Waals surface area contributed by atoms with E-state index in [1.807, 2.05) is 53.4 Å². The summed E-state index contributed by atoms with van der Waals surface area (Å²) in [5.41, 5.74) is 0.776. The zero-order valence-electron chi connectivity index (χ0n) is 14.1. The average Bonchev–Trinajstić information content (AvgIpc) is 3.16. The third kappa shape index (κ3) is 2.97. The molecule has 0 aliphatic carbocycles. The van der Waals surface area contributed by atoms with Crippen molar-refractivity contribution in [1.29, 1.82) is 0 Å². The number of carbonyl (C=O) groups excluding carboxylic acids is 1. The van der Waals surface area contributed by atoms with Gasteiger partial charge in [-0.2, -0.15) is 0 Å². The zero-order valence-corrected chi connectivity index (χ0v) is 14.1. The highest BCUT2D eigenvalue weighted by atomic mass is 16.5. The summed E-state index contributed by atoms with van der Waals surface area (Å²) in [6, 6.07) is 15.8. The van der Waals surface area contributed by atoms with Crippen LogP contribution in [0.5, 0.6) is 5.88 Å². The highest BCUT2D eigenvalue weighted by molar-refractivity contribution is 6.07. The lowest BCUT2D eigenvalue weighted by molar-refractivity contribution is 0.0708. The van der Waals surface area contributed by atoms with Crippen molar-refractivity contribution in [2.45, 2.75) is 18.8 Å². The van der Waals surface area contributed by atoms with E-state index in [2.05, 4.69) is 5.16 Å². The Bertz CT molecular complexity index is 889. The predicted molar refractivity (Wildman–Crippen MR) is 94.9 cm³/mol. The lowest BCUT2D eigenvalue weighted by Crippen LogP contribution is -2.37. The van der Waals surface area contributed by atoms with E-state index in [1.165, 1.54) is 0 Å². The largest absolute Gasteiger partial charge is 0.479 e. The molecule has 0 bridgehead atoms. The molecule has 1 aromatic heterocycles. The third-order valence-corrected chi connectivity index (χ3v) is 4.92. The topological polar surface area (TPSA) is 55.6 Å². The van der Waals surface area contributed by atoms with Gasteiger partial charge in [-0.05, 0) is 34.8 Å². The summed E-state index contributed by atoms with van der Waals surface area (Å²) >= 11 is 0. The van der Waals surface area contributed by atoms with Gasteiger partial charge in [0.2, 0.25) is 0 Å². The second-order valence-corrected chi connectivity index (χ2v) is 6.36. The van der Waals surface area contributed by atoms with Crippen molar-refractivity contribution in [3.63, 3.8) is 0 Å². The van der Waals surface area contributed by atoms with Crippen LogP contribution < -0.4 is 4.74 Å². The number of nitrogens with zero attached hydrogens (tertiary/aromatic N) is 2. The van der Waals surface area contributed by atoms with Gasteiger partial charge >= 0.3 is 0 Å². The number of aromatic nitrogens is 1. The maximum atomic E-state index is 13.0. The minimum absolute atomic E-state index is 0.102. The molecular weight excluding hydrogens is 316 g/mol. The summed E-state index contributed by atoms with van der Waals surface area (Å²) in [5, 5.41) is 5.97. The summed E-state index contributed by atoms with van der Waals surface area (Å²) in [5.74, 6) is 1.73. The zero-order chi connectivity index (χ0) is 17.2. The first kappa shape index (κ1) is 15.7. The van der Waals surface area contributed by atoms with Gasteiger partial charge in [-0.3, -0.25) is 4.79 Å². The third-order valence-electron chi connectivity index (χ3n) is 4.92.